The molecule has 0 saturated carbocycles. The molecule has 0 aromatic rings. The summed E-state index contributed by atoms with van der Waals surface area (Å²) in [6.45, 7) is 6.29. The number of carbonyl (C=O) groups is 3. The third-order valence-corrected chi connectivity index (χ3v) is 2.00. The minimum Gasteiger partial charge on any atom is -0.481 e. The van der Waals surface area contributed by atoms with Crippen LogP contribution < -0.4 is 5.32 Å². The third-order valence-electron chi connectivity index (χ3n) is 2.00. The second-order valence-electron chi connectivity index (χ2n) is 5.01. The molecule has 1 unspecified atom stereocenters. The molecule has 3 N–H and O–H groups in total. The van der Waals surface area contributed by atoms with Crippen molar-refractivity contribution in [2.75, 3.05) is 0 Å². The van der Waals surface area contributed by atoms with Crippen molar-refractivity contribution in [3.05, 3.63) is 0 Å². The van der Waals surface area contributed by atoms with Crippen molar-refractivity contribution in [3.8, 4) is 0 Å². The third kappa shape index (κ3) is 6.72. The lowest BCUT2D eigenvalue weighted by atomic mass is 10.0. The van der Waals surface area contributed by atoms with Crippen LogP contribution >= 0.6 is 0 Å². The molecule has 0 heterocycles. The van der Waals surface area contributed by atoms with Gasteiger partial charge in [0.1, 0.15) is 11.6 Å². The van der Waals surface area contributed by atoms with E-state index < -0.39 is 35.6 Å². The first-order valence-electron chi connectivity index (χ1n) is 5.48. The summed E-state index contributed by atoms with van der Waals surface area (Å²) < 4.78 is 4.90. The van der Waals surface area contributed by atoms with Crippen LogP contribution in [0.5, 0.6) is 0 Å². The number of hydrogen-bond donors (Lipinski definition) is 3. The maximum Gasteiger partial charge on any atom is 0.408 e. The van der Waals surface area contributed by atoms with Gasteiger partial charge >= 0.3 is 18.0 Å². The summed E-state index contributed by atoms with van der Waals surface area (Å²) in [6.07, 6.45) is -1.09. The molecule has 0 rings (SSSR count). The molecular formula is C11H19NO6. The van der Waals surface area contributed by atoms with Crippen LogP contribution in [-0.2, 0) is 14.3 Å². The van der Waals surface area contributed by atoms with E-state index in [1.165, 1.54) is 6.92 Å². The van der Waals surface area contributed by atoms with E-state index in [4.69, 9.17) is 14.9 Å². The summed E-state index contributed by atoms with van der Waals surface area (Å²) >= 11 is 0. The van der Waals surface area contributed by atoms with Gasteiger partial charge in [-0.2, -0.15) is 0 Å². The molecule has 0 aliphatic carbocycles. The van der Waals surface area contributed by atoms with Gasteiger partial charge in [0.25, 0.3) is 0 Å². The van der Waals surface area contributed by atoms with Crippen LogP contribution in [0, 0.1) is 5.92 Å². The summed E-state index contributed by atoms with van der Waals surface area (Å²) in [7, 11) is 0. The minimum absolute atomic E-state index is 0.204. The summed E-state index contributed by atoms with van der Waals surface area (Å²) in [5.74, 6) is -3.29. The van der Waals surface area contributed by atoms with Gasteiger partial charge in [0.05, 0.1) is 5.92 Å². The Morgan fingerprint density at radius 2 is 1.67 bits per heavy atom. The predicted molar refractivity (Wildman–Crippen MR) is 62.2 cm³/mol. The maximum atomic E-state index is 11.4. The van der Waals surface area contributed by atoms with Gasteiger partial charge in [-0.3, -0.25) is 4.79 Å². The average Bonchev–Trinajstić information content (AvgIpc) is 2.12. The first-order valence-corrected chi connectivity index (χ1v) is 5.48. The van der Waals surface area contributed by atoms with E-state index in [9.17, 15) is 14.4 Å². The summed E-state index contributed by atoms with van der Waals surface area (Å²) in [5.41, 5.74) is -0.744. The van der Waals surface area contributed by atoms with Gasteiger partial charge in [0, 0.05) is 0 Å². The van der Waals surface area contributed by atoms with Crippen LogP contribution in [0.15, 0.2) is 0 Å². The maximum absolute atomic E-state index is 11.4. The minimum atomic E-state index is -1.30. The highest BCUT2D eigenvalue weighted by molar-refractivity contribution is 5.81. The Bertz CT molecular complexity index is 333. The van der Waals surface area contributed by atoms with Gasteiger partial charge in [-0.1, -0.05) is 6.92 Å². The van der Waals surface area contributed by atoms with Gasteiger partial charge in [0.2, 0.25) is 0 Å². The molecule has 0 aromatic carbocycles. The van der Waals surface area contributed by atoms with Crippen molar-refractivity contribution >= 4 is 18.0 Å². The number of amides is 1. The topological polar surface area (TPSA) is 113 Å². The predicted octanol–water partition coefficient (Wildman–Crippen LogP) is 1.08. The molecule has 7 nitrogen and oxygen atoms in total. The smallest absolute Gasteiger partial charge is 0.408 e. The fourth-order valence-electron chi connectivity index (χ4n) is 1.13. The highest BCUT2D eigenvalue weighted by Gasteiger charge is 2.27. The fraction of sp³-hybridized carbons (Fsp3) is 0.727. The van der Waals surface area contributed by atoms with E-state index in [0.717, 1.165) is 0 Å². The molecule has 0 bridgehead atoms. The lowest BCUT2D eigenvalue weighted by molar-refractivity contribution is -0.143. The lowest BCUT2D eigenvalue weighted by Gasteiger charge is -2.22. The number of carboxylic acids is 2. The Hall–Kier alpha value is -1.79. The number of carboxylic acid groups (broad SMARTS) is 2. The number of rotatable bonds is 5. The quantitative estimate of drug-likeness (QED) is 0.682. The highest BCUT2D eigenvalue weighted by atomic mass is 16.6. The SMILES string of the molecule is CC(C[C@H](NC(=O)OC(C)(C)C)C(=O)O)C(=O)O. The summed E-state index contributed by atoms with van der Waals surface area (Å²) in [4.78, 5) is 32.9. The van der Waals surface area contributed by atoms with Gasteiger partial charge in [0.15, 0.2) is 0 Å². The molecule has 0 fully saturated rings. The Labute approximate surface area is 105 Å². The number of alkyl carbamates (subject to hydrolysis) is 1. The number of ether oxygens (including phenoxy) is 1. The molecule has 18 heavy (non-hydrogen) atoms. The van der Waals surface area contributed by atoms with E-state index in [0.29, 0.717) is 0 Å². The summed E-state index contributed by atoms with van der Waals surface area (Å²) in [5, 5.41) is 19.7. The van der Waals surface area contributed by atoms with Crippen molar-refractivity contribution in [2.45, 2.75) is 45.8 Å². The lowest BCUT2D eigenvalue weighted by Crippen LogP contribution is -2.44. The van der Waals surface area contributed by atoms with Crippen molar-refractivity contribution < 1.29 is 29.3 Å². The van der Waals surface area contributed by atoms with Crippen molar-refractivity contribution in [1.82, 2.24) is 5.32 Å². The molecule has 104 valence electrons. The zero-order chi connectivity index (χ0) is 14.5. The van der Waals surface area contributed by atoms with Crippen LogP contribution in [0.1, 0.15) is 34.1 Å². The number of hydrogen-bond acceptors (Lipinski definition) is 4. The van der Waals surface area contributed by atoms with Crippen LogP contribution in [0.2, 0.25) is 0 Å². The largest absolute Gasteiger partial charge is 0.481 e. The van der Waals surface area contributed by atoms with E-state index in [1.54, 1.807) is 20.8 Å². The molecule has 2 atom stereocenters. The second-order valence-corrected chi connectivity index (χ2v) is 5.01. The van der Waals surface area contributed by atoms with Gasteiger partial charge in [-0.25, -0.2) is 9.59 Å². The Kier molecular flexibility index (Phi) is 5.61. The monoisotopic (exact) mass is 261 g/mol. The Morgan fingerprint density at radius 3 is 2.00 bits per heavy atom. The molecular weight excluding hydrogens is 242 g/mol. The van der Waals surface area contributed by atoms with Crippen molar-refractivity contribution in [2.24, 2.45) is 5.92 Å². The van der Waals surface area contributed by atoms with Crippen molar-refractivity contribution in [1.29, 1.82) is 0 Å². The molecule has 0 saturated heterocycles. The van der Waals surface area contributed by atoms with Gasteiger partial charge in [-0.05, 0) is 27.2 Å². The standard InChI is InChI=1S/C11H19NO6/c1-6(8(13)14)5-7(9(15)16)12-10(17)18-11(2,3)4/h6-7H,5H2,1-4H3,(H,12,17)(H,13,14)(H,15,16)/t6?,7-/m0/s1. The van der Waals surface area contributed by atoms with E-state index in [1.807, 2.05) is 0 Å². The van der Waals surface area contributed by atoms with Crippen LogP contribution in [0.3, 0.4) is 0 Å². The average molecular weight is 261 g/mol. The number of aliphatic carboxylic acids is 2. The van der Waals surface area contributed by atoms with E-state index in [2.05, 4.69) is 5.32 Å². The second kappa shape index (κ2) is 6.23. The van der Waals surface area contributed by atoms with Crippen LogP contribution in [0.25, 0.3) is 0 Å². The molecule has 0 radical (unpaired) electrons. The Balaban J connectivity index is 4.50. The van der Waals surface area contributed by atoms with E-state index in [-0.39, 0.29) is 6.42 Å². The molecule has 7 heteroatoms. The molecule has 1 amide bonds. The zero-order valence-electron chi connectivity index (χ0n) is 10.9. The number of nitrogens with one attached hydrogen (secondary N) is 1. The number of carbonyl (C=O) groups excluding carboxylic acids is 1. The van der Waals surface area contributed by atoms with Crippen molar-refractivity contribution in [3.63, 3.8) is 0 Å². The fourth-order valence-corrected chi connectivity index (χ4v) is 1.13. The van der Waals surface area contributed by atoms with Gasteiger partial charge in [-0.15, -0.1) is 0 Å². The molecule has 0 aliphatic heterocycles. The van der Waals surface area contributed by atoms with E-state index >= 15 is 0 Å². The van der Waals surface area contributed by atoms with Gasteiger partial charge < -0.3 is 20.3 Å². The summed E-state index contributed by atoms with van der Waals surface area (Å²) in [6, 6.07) is -1.29. The first kappa shape index (κ1) is 16.2. The molecule has 0 aliphatic rings. The molecule has 0 spiro atoms. The zero-order valence-corrected chi connectivity index (χ0v) is 10.9. The highest BCUT2D eigenvalue weighted by Crippen LogP contribution is 2.10. The Morgan fingerprint density at radius 1 is 1.17 bits per heavy atom. The normalized spacial score (nSPS) is 14.4. The first-order chi connectivity index (χ1) is 8.03. The molecule has 0 aromatic heterocycles. The van der Waals surface area contributed by atoms with Crippen LogP contribution in [0.4, 0.5) is 4.79 Å². The van der Waals surface area contributed by atoms with Crippen LogP contribution in [-0.4, -0.2) is 39.9 Å².